The van der Waals surface area contributed by atoms with Crippen molar-refractivity contribution in [3.05, 3.63) is 29.8 Å². The maximum Gasteiger partial charge on any atom is 0.311 e. The lowest BCUT2D eigenvalue weighted by Crippen LogP contribution is -2.32. The van der Waals surface area contributed by atoms with Crippen molar-refractivity contribution in [1.82, 2.24) is 4.72 Å². The van der Waals surface area contributed by atoms with Crippen LogP contribution in [0, 0.1) is 5.41 Å². The van der Waals surface area contributed by atoms with Gasteiger partial charge in [-0.1, -0.05) is 28.1 Å². The Labute approximate surface area is 134 Å². The highest BCUT2D eigenvalue weighted by atomic mass is 79.9. The SMILES string of the molecule is COC(=O)C(C)(C)CCNS(=O)(=O)c1cccc(CBr)c1. The molecule has 0 bridgehead atoms. The van der Waals surface area contributed by atoms with Gasteiger partial charge in [0, 0.05) is 11.9 Å². The molecule has 0 saturated heterocycles. The molecule has 1 aromatic carbocycles. The molecule has 1 aromatic rings. The van der Waals surface area contributed by atoms with Crippen LogP contribution in [0.4, 0.5) is 0 Å². The number of hydrogen-bond acceptors (Lipinski definition) is 4. The van der Waals surface area contributed by atoms with E-state index in [1.807, 2.05) is 6.07 Å². The molecule has 0 fully saturated rings. The van der Waals surface area contributed by atoms with Crippen LogP contribution in [0.2, 0.25) is 0 Å². The van der Waals surface area contributed by atoms with Gasteiger partial charge in [-0.2, -0.15) is 0 Å². The first-order valence-corrected chi connectivity index (χ1v) is 9.06. The Bertz CT molecular complexity index is 599. The van der Waals surface area contributed by atoms with Crippen molar-refractivity contribution in [3.8, 4) is 0 Å². The summed E-state index contributed by atoms with van der Waals surface area (Å²) < 4.78 is 31.6. The number of carbonyl (C=O) groups is 1. The molecule has 0 aliphatic heterocycles. The Morgan fingerprint density at radius 3 is 2.62 bits per heavy atom. The number of esters is 1. The van der Waals surface area contributed by atoms with Gasteiger partial charge >= 0.3 is 5.97 Å². The molecule has 0 heterocycles. The normalized spacial score (nSPS) is 12.2. The van der Waals surface area contributed by atoms with E-state index in [0.29, 0.717) is 11.8 Å². The molecule has 0 amide bonds. The third kappa shape index (κ3) is 5.09. The zero-order valence-electron chi connectivity index (χ0n) is 12.3. The summed E-state index contributed by atoms with van der Waals surface area (Å²) in [5, 5.41) is 0.589. The lowest BCUT2D eigenvalue weighted by atomic mass is 9.90. The molecule has 0 spiro atoms. The summed E-state index contributed by atoms with van der Waals surface area (Å²) in [6, 6.07) is 6.69. The molecule has 0 aliphatic rings. The number of ether oxygens (including phenoxy) is 1. The first kappa shape index (κ1) is 18.1. The van der Waals surface area contributed by atoms with Gasteiger partial charge in [-0.15, -0.1) is 0 Å². The van der Waals surface area contributed by atoms with Gasteiger partial charge in [0.2, 0.25) is 10.0 Å². The van der Waals surface area contributed by atoms with E-state index >= 15 is 0 Å². The summed E-state index contributed by atoms with van der Waals surface area (Å²) in [6.07, 6.45) is 0.358. The lowest BCUT2D eigenvalue weighted by molar-refractivity contribution is -0.151. The van der Waals surface area contributed by atoms with Crippen LogP contribution in [0.25, 0.3) is 0 Å². The fraction of sp³-hybridized carbons (Fsp3) is 0.500. The zero-order chi connectivity index (χ0) is 16.1. The van der Waals surface area contributed by atoms with Crippen LogP contribution in [0.15, 0.2) is 29.2 Å². The Kier molecular flexibility index (Phi) is 6.37. The molecule has 7 heteroatoms. The van der Waals surface area contributed by atoms with E-state index in [2.05, 4.69) is 20.7 Å². The Morgan fingerprint density at radius 2 is 2.05 bits per heavy atom. The molecule has 118 valence electrons. The van der Waals surface area contributed by atoms with Gasteiger partial charge in [0.15, 0.2) is 0 Å². The van der Waals surface area contributed by atoms with Gasteiger partial charge in [-0.3, -0.25) is 4.79 Å². The maximum absolute atomic E-state index is 12.2. The minimum absolute atomic E-state index is 0.170. The summed E-state index contributed by atoms with van der Waals surface area (Å²) in [6.45, 7) is 3.61. The summed E-state index contributed by atoms with van der Waals surface area (Å²) in [7, 11) is -2.25. The molecule has 1 rings (SSSR count). The largest absolute Gasteiger partial charge is 0.469 e. The number of carbonyl (C=O) groups excluding carboxylic acids is 1. The zero-order valence-corrected chi connectivity index (χ0v) is 14.8. The van der Waals surface area contributed by atoms with Crippen molar-refractivity contribution in [3.63, 3.8) is 0 Å². The van der Waals surface area contributed by atoms with Crippen molar-refractivity contribution < 1.29 is 17.9 Å². The Balaban J connectivity index is 2.71. The molecule has 0 saturated carbocycles. The topological polar surface area (TPSA) is 72.5 Å². The van der Waals surface area contributed by atoms with E-state index in [4.69, 9.17) is 4.74 Å². The quantitative estimate of drug-likeness (QED) is 0.584. The molecule has 5 nitrogen and oxygen atoms in total. The second-order valence-electron chi connectivity index (χ2n) is 5.30. The highest BCUT2D eigenvalue weighted by Gasteiger charge is 2.28. The number of alkyl halides is 1. The Hall–Kier alpha value is -0.920. The number of rotatable bonds is 7. The molecule has 0 aliphatic carbocycles. The number of halogens is 1. The minimum Gasteiger partial charge on any atom is -0.469 e. The predicted molar refractivity (Wildman–Crippen MR) is 84.7 cm³/mol. The van der Waals surface area contributed by atoms with E-state index in [1.165, 1.54) is 7.11 Å². The Morgan fingerprint density at radius 1 is 1.38 bits per heavy atom. The van der Waals surface area contributed by atoms with Crippen molar-refractivity contribution >= 4 is 31.9 Å². The van der Waals surface area contributed by atoms with Crippen LogP contribution in [0.1, 0.15) is 25.8 Å². The summed E-state index contributed by atoms with van der Waals surface area (Å²) in [4.78, 5) is 11.8. The monoisotopic (exact) mass is 377 g/mol. The molecule has 0 unspecified atom stereocenters. The molecule has 0 radical (unpaired) electrons. The van der Waals surface area contributed by atoms with Crippen molar-refractivity contribution in [2.75, 3.05) is 13.7 Å². The number of hydrogen-bond donors (Lipinski definition) is 1. The average molecular weight is 378 g/mol. The first-order chi connectivity index (χ1) is 9.73. The smallest absolute Gasteiger partial charge is 0.311 e. The van der Waals surface area contributed by atoms with Crippen LogP contribution < -0.4 is 4.72 Å². The van der Waals surface area contributed by atoms with Crippen LogP contribution in [-0.2, 0) is 24.9 Å². The molecule has 0 aromatic heterocycles. The molecule has 21 heavy (non-hydrogen) atoms. The number of benzene rings is 1. The highest BCUT2D eigenvalue weighted by Crippen LogP contribution is 2.21. The summed E-state index contributed by atoms with van der Waals surface area (Å²) >= 11 is 3.29. The number of sulfonamides is 1. The van der Waals surface area contributed by atoms with Gasteiger partial charge < -0.3 is 4.74 Å². The van der Waals surface area contributed by atoms with E-state index in [-0.39, 0.29) is 17.4 Å². The second-order valence-corrected chi connectivity index (χ2v) is 7.63. The molecular weight excluding hydrogens is 358 g/mol. The second kappa shape index (κ2) is 7.38. The molecular formula is C14H20BrNO4S. The van der Waals surface area contributed by atoms with Gasteiger partial charge in [0.1, 0.15) is 0 Å². The first-order valence-electron chi connectivity index (χ1n) is 6.46. The van der Waals surface area contributed by atoms with Gasteiger partial charge in [-0.05, 0) is 38.0 Å². The molecule has 1 N–H and O–H groups in total. The van der Waals surface area contributed by atoms with Gasteiger partial charge in [0.25, 0.3) is 0 Å². The van der Waals surface area contributed by atoms with Crippen molar-refractivity contribution in [2.45, 2.75) is 30.5 Å². The van der Waals surface area contributed by atoms with Crippen LogP contribution in [0.3, 0.4) is 0 Å². The van der Waals surface area contributed by atoms with Crippen molar-refractivity contribution in [1.29, 1.82) is 0 Å². The van der Waals surface area contributed by atoms with Crippen molar-refractivity contribution in [2.24, 2.45) is 5.41 Å². The third-order valence-electron chi connectivity index (χ3n) is 3.14. The fourth-order valence-corrected chi connectivity index (χ4v) is 3.21. The third-order valence-corrected chi connectivity index (χ3v) is 5.25. The highest BCUT2D eigenvalue weighted by molar-refractivity contribution is 9.08. The van der Waals surface area contributed by atoms with Gasteiger partial charge in [-0.25, -0.2) is 13.1 Å². The van der Waals surface area contributed by atoms with Gasteiger partial charge in [0.05, 0.1) is 17.4 Å². The predicted octanol–water partition coefficient (Wildman–Crippen LogP) is 2.45. The lowest BCUT2D eigenvalue weighted by Gasteiger charge is -2.21. The molecule has 0 atom stereocenters. The number of nitrogens with one attached hydrogen (secondary N) is 1. The summed E-state index contributed by atoms with van der Waals surface area (Å²) in [5.41, 5.74) is 0.155. The maximum atomic E-state index is 12.2. The van der Waals surface area contributed by atoms with E-state index < -0.39 is 15.4 Å². The fourth-order valence-electron chi connectivity index (χ4n) is 1.76. The minimum atomic E-state index is -3.57. The standard InChI is InChI=1S/C14H20BrNO4S/c1-14(2,13(17)20-3)7-8-16-21(18,19)12-6-4-5-11(9-12)10-15/h4-6,9,16H,7-8,10H2,1-3H3. The number of methoxy groups -OCH3 is 1. The summed E-state index contributed by atoms with van der Waals surface area (Å²) in [5.74, 6) is -0.358. The average Bonchev–Trinajstić information content (AvgIpc) is 2.45. The van der Waals surface area contributed by atoms with Crippen LogP contribution in [-0.4, -0.2) is 28.0 Å². The van der Waals surface area contributed by atoms with Crippen LogP contribution in [0.5, 0.6) is 0 Å². The van der Waals surface area contributed by atoms with E-state index in [9.17, 15) is 13.2 Å². The van der Waals surface area contributed by atoms with E-state index in [0.717, 1.165) is 5.56 Å². The van der Waals surface area contributed by atoms with E-state index in [1.54, 1.807) is 32.0 Å². The van der Waals surface area contributed by atoms with Crippen LogP contribution >= 0.6 is 15.9 Å².